The molecule has 2 rings (SSSR count). The van der Waals surface area contributed by atoms with Gasteiger partial charge in [-0.3, -0.25) is 0 Å². The summed E-state index contributed by atoms with van der Waals surface area (Å²) in [5.41, 5.74) is 2.57. The van der Waals surface area contributed by atoms with Crippen LogP contribution < -0.4 is 5.32 Å². The maximum Gasteiger partial charge on any atom is 0.147 e. The van der Waals surface area contributed by atoms with Gasteiger partial charge in [0.25, 0.3) is 0 Å². The molecule has 1 N–H and O–H groups in total. The van der Waals surface area contributed by atoms with Crippen LogP contribution in [-0.4, -0.2) is 0 Å². The van der Waals surface area contributed by atoms with E-state index in [4.69, 9.17) is 11.6 Å². The number of aryl methyl sites for hydroxylation is 1. The van der Waals surface area contributed by atoms with Gasteiger partial charge in [-0.05, 0) is 36.2 Å². The zero-order valence-electron chi connectivity index (χ0n) is 9.81. The maximum absolute atomic E-state index is 13.5. The molecule has 1 nitrogen and oxygen atoms in total. The van der Waals surface area contributed by atoms with E-state index in [9.17, 15) is 4.39 Å². The number of anilines is 1. The van der Waals surface area contributed by atoms with E-state index in [-0.39, 0.29) is 5.82 Å². The molecule has 0 aliphatic heterocycles. The minimum absolute atomic E-state index is 0.339. The van der Waals surface area contributed by atoms with Crippen LogP contribution in [0.25, 0.3) is 0 Å². The van der Waals surface area contributed by atoms with Crippen LogP contribution in [0.2, 0.25) is 5.02 Å². The summed E-state index contributed by atoms with van der Waals surface area (Å²) in [6.45, 7) is 2.55. The molecule has 0 atom stereocenters. The van der Waals surface area contributed by atoms with Crippen molar-refractivity contribution in [2.24, 2.45) is 0 Å². The van der Waals surface area contributed by atoms with Gasteiger partial charge in [0.2, 0.25) is 0 Å². The van der Waals surface area contributed by atoms with E-state index in [0.717, 1.165) is 10.0 Å². The van der Waals surface area contributed by atoms with Crippen molar-refractivity contribution in [2.45, 2.75) is 13.5 Å². The van der Waals surface area contributed by atoms with Crippen LogP contribution in [0.5, 0.6) is 0 Å². The molecular formula is C14H12BrClFN. The topological polar surface area (TPSA) is 12.0 Å². The minimum atomic E-state index is -0.339. The van der Waals surface area contributed by atoms with Crippen LogP contribution in [0.15, 0.2) is 40.9 Å². The summed E-state index contributed by atoms with van der Waals surface area (Å²) in [6.07, 6.45) is 0. The van der Waals surface area contributed by atoms with Gasteiger partial charge in [-0.15, -0.1) is 0 Å². The molecule has 18 heavy (non-hydrogen) atoms. The molecular weight excluding hydrogens is 317 g/mol. The predicted octanol–water partition coefficient (Wildman–Crippen LogP) is 5.16. The second kappa shape index (κ2) is 5.72. The van der Waals surface area contributed by atoms with E-state index in [0.29, 0.717) is 17.3 Å². The Hall–Kier alpha value is -1.06. The van der Waals surface area contributed by atoms with Gasteiger partial charge in [0.1, 0.15) is 5.82 Å². The van der Waals surface area contributed by atoms with Crippen LogP contribution in [0.4, 0.5) is 10.1 Å². The van der Waals surface area contributed by atoms with E-state index in [2.05, 4.69) is 21.2 Å². The Bertz CT molecular complexity index is 551. The van der Waals surface area contributed by atoms with E-state index >= 15 is 0 Å². The van der Waals surface area contributed by atoms with Crippen molar-refractivity contribution in [1.82, 2.24) is 0 Å². The first-order chi connectivity index (χ1) is 8.58. The van der Waals surface area contributed by atoms with Gasteiger partial charge in [0.05, 0.1) is 10.7 Å². The number of rotatable bonds is 3. The zero-order chi connectivity index (χ0) is 13.1. The van der Waals surface area contributed by atoms with Crippen molar-refractivity contribution >= 4 is 33.2 Å². The quantitative estimate of drug-likeness (QED) is 0.820. The number of nitrogens with one attached hydrogen (secondary N) is 1. The first kappa shape index (κ1) is 13.4. The Labute approximate surface area is 119 Å². The average Bonchev–Trinajstić information content (AvgIpc) is 2.33. The standard InChI is InChI=1S/C14H12BrClFN/c1-9-5-6-10(7-11(9)15)8-18-14-12(16)3-2-4-13(14)17/h2-7,18H,8H2,1H3. The Morgan fingerprint density at radius 3 is 2.72 bits per heavy atom. The van der Waals surface area contributed by atoms with Crippen molar-refractivity contribution in [3.8, 4) is 0 Å². The van der Waals surface area contributed by atoms with E-state index in [1.165, 1.54) is 11.6 Å². The predicted molar refractivity (Wildman–Crippen MR) is 77.6 cm³/mol. The summed E-state index contributed by atoms with van der Waals surface area (Å²) in [7, 11) is 0. The first-order valence-corrected chi connectivity index (χ1v) is 6.68. The molecule has 4 heteroatoms. The largest absolute Gasteiger partial charge is 0.377 e. The molecule has 0 fully saturated rings. The fourth-order valence-corrected chi connectivity index (χ4v) is 2.26. The summed E-state index contributed by atoms with van der Waals surface area (Å²) in [4.78, 5) is 0. The van der Waals surface area contributed by atoms with Crippen molar-refractivity contribution in [3.63, 3.8) is 0 Å². The summed E-state index contributed by atoms with van der Waals surface area (Å²) >= 11 is 9.41. The Kier molecular flexibility index (Phi) is 4.25. The van der Waals surface area contributed by atoms with E-state index in [1.807, 2.05) is 25.1 Å². The van der Waals surface area contributed by atoms with Gasteiger partial charge >= 0.3 is 0 Å². The van der Waals surface area contributed by atoms with Crippen molar-refractivity contribution in [3.05, 3.63) is 62.8 Å². The highest BCUT2D eigenvalue weighted by atomic mass is 79.9. The van der Waals surface area contributed by atoms with Gasteiger partial charge in [0, 0.05) is 11.0 Å². The molecule has 0 aromatic heterocycles. The lowest BCUT2D eigenvalue weighted by Crippen LogP contribution is -2.02. The molecule has 0 spiro atoms. The summed E-state index contributed by atoms with van der Waals surface area (Å²) < 4.78 is 14.6. The molecule has 94 valence electrons. The molecule has 2 aromatic rings. The molecule has 0 amide bonds. The Balaban J connectivity index is 2.14. The smallest absolute Gasteiger partial charge is 0.147 e. The lowest BCUT2D eigenvalue weighted by atomic mass is 10.1. The molecule has 0 radical (unpaired) electrons. The first-order valence-electron chi connectivity index (χ1n) is 5.51. The van der Waals surface area contributed by atoms with E-state index in [1.54, 1.807) is 12.1 Å². The molecule has 0 heterocycles. The number of hydrogen-bond acceptors (Lipinski definition) is 1. The fourth-order valence-electron chi connectivity index (χ4n) is 1.60. The Morgan fingerprint density at radius 1 is 1.28 bits per heavy atom. The van der Waals surface area contributed by atoms with Crippen LogP contribution in [0, 0.1) is 12.7 Å². The van der Waals surface area contributed by atoms with Crippen LogP contribution in [0.3, 0.4) is 0 Å². The minimum Gasteiger partial charge on any atom is -0.377 e. The SMILES string of the molecule is Cc1ccc(CNc2c(F)cccc2Cl)cc1Br. The number of halogens is 3. The maximum atomic E-state index is 13.5. The molecule has 0 bridgehead atoms. The van der Waals surface area contributed by atoms with Crippen LogP contribution in [0.1, 0.15) is 11.1 Å². The van der Waals surface area contributed by atoms with Gasteiger partial charge in [-0.1, -0.05) is 45.7 Å². The lowest BCUT2D eigenvalue weighted by Gasteiger charge is -2.10. The second-order valence-corrected chi connectivity index (χ2v) is 5.30. The summed E-state index contributed by atoms with van der Waals surface area (Å²) in [5, 5.41) is 3.41. The highest BCUT2D eigenvalue weighted by molar-refractivity contribution is 9.10. The normalized spacial score (nSPS) is 10.4. The molecule has 2 aromatic carbocycles. The van der Waals surface area contributed by atoms with Gasteiger partial charge < -0.3 is 5.32 Å². The lowest BCUT2D eigenvalue weighted by molar-refractivity contribution is 0.630. The molecule has 0 unspecified atom stereocenters. The third kappa shape index (κ3) is 3.03. The Morgan fingerprint density at radius 2 is 2.06 bits per heavy atom. The summed E-state index contributed by atoms with van der Waals surface area (Å²) in [6, 6.07) is 10.7. The number of para-hydroxylation sites is 1. The van der Waals surface area contributed by atoms with Gasteiger partial charge in [0.15, 0.2) is 0 Å². The number of benzene rings is 2. The average molecular weight is 329 g/mol. The number of hydrogen-bond donors (Lipinski definition) is 1. The third-order valence-electron chi connectivity index (χ3n) is 2.67. The third-order valence-corrected chi connectivity index (χ3v) is 3.84. The van der Waals surface area contributed by atoms with Gasteiger partial charge in [-0.25, -0.2) is 4.39 Å². The fraction of sp³-hybridized carbons (Fsp3) is 0.143. The molecule has 0 saturated carbocycles. The highest BCUT2D eigenvalue weighted by Crippen LogP contribution is 2.25. The van der Waals surface area contributed by atoms with E-state index < -0.39 is 0 Å². The summed E-state index contributed by atoms with van der Waals surface area (Å²) in [5.74, 6) is -0.339. The molecule has 0 aliphatic carbocycles. The van der Waals surface area contributed by atoms with Crippen molar-refractivity contribution in [1.29, 1.82) is 0 Å². The van der Waals surface area contributed by atoms with Crippen molar-refractivity contribution in [2.75, 3.05) is 5.32 Å². The van der Waals surface area contributed by atoms with Crippen LogP contribution >= 0.6 is 27.5 Å². The van der Waals surface area contributed by atoms with Crippen LogP contribution in [-0.2, 0) is 6.54 Å². The zero-order valence-corrected chi connectivity index (χ0v) is 12.1. The monoisotopic (exact) mass is 327 g/mol. The molecule has 0 aliphatic rings. The van der Waals surface area contributed by atoms with Crippen molar-refractivity contribution < 1.29 is 4.39 Å². The highest BCUT2D eigenvalue weighted by Gasteiger charge is 2.06. The second-order valence-electron chi connectivity index (χ2n) is 4.03. The molecule has 0 saturated heterocycles. The van der Waals surface area contributed by atoms with Gasteiger partial charge in [-0.2, -0.15) is 0 Å².